The van der Waals surface area contributed by atoms with E-state index in [-0.39, 0.29) is 11.4 Å². The molecule has 0 fully saturated rings. The molecule has 0 atom stereocenters. The van der Waals surface area contributed by atoms with Gasteiger partial charge in [0.15, 0.2) is 0 Å². The second-order valence-corrected chi connectivity index (χ2v) is 3.06. The zero-order valence-corrected chi connectivity index (χ0v) is 8.28. The number of aromatic nitrogens is 2. The van der Waals surface area contributed by atoms with E-state index < -0.39 is 5.69 Å². The molecule has 0 aliphatic heterocycles. The zero-order valence-electron chi connectivity index (χ0n) is 8.28. The molecule has 1 heterocycles. The topological polar surface area (TPSA) is 70.0 Å². The molecular formula is C9H13N3O2. The van der Waals surface area contributed by atoms with E-state index in [1.54, 1.807) is 13.0 Å². The van der Waals surface area contributed by atoms with E-state index in [1.807, 2.05) is 0 Å². The molecule has 0 amide bonds. The fourth-order valence-electron chi connectivity index (χ4n) is 1.24. The van der Waals surface area contributed by atoms with Crippen molar-refractivity contribution in [2.45, 2.75) is 13.5 Å². The number of rotatable bonds is 2. The van der Waals surface area contributed by atoms with Gasteiger partial charge in [0.05, 0.1) is 5.56 Å². The van der Waals surface area contributed by atoms with Gasteiger partial charge in [-0.1, -0.05) is 6.08 Å². The van der Waals surface area contributed by atoms with Crippen molar-refractivity contribution in [1.82, 2.24) is 9.13 Å². The van der Waals surface area contributed by atoms with Gasteiger partial charge in [-0.2, -0.15) is 0 Å². The minimum Gasteiger partial charge on any atom is -0.385 e. The van der Waals surface area contributed by atoms with Crippen molar-refractivity contribution in [2.75, 3.05) is 5.73 Å². The van der Waals surface area contributed by atoms with E-state index in [4.69, 9.17) is 5.73 Å². The quantitative estimate of drug-likeness (QED) is 0.654. The van der Waals surface area contributed by atoms with Crippen LogP contribution in [0.3, 0.4) is 0 Å². The van der Waals surface area contributed by atoms with Crippen LogP contribution in [0.1, 0.15) is 5.56 Å². The lowest BCUT2D eigenvalue weighted by atomic mass is 10.3. The molecule has 0 radical (unpaired) electrons. The molecule has 14 heavy (non-hydrogen) atoms. The molecule has 0 saturated carbocycles. The highest BCUT2D eigenvalue weighted by atomic mass is 16.2. The largest absolute Gasteiger partial charge is 0.385 e. The summed E-state index contributed by atoms with van der Waals surface area (Å²) in [7, 11) is 1.43. The zero-order chi connectivity index (χ0) is 10.9. The first-order valence-corrected chi connectivity index (χ1v) is 4.17. The Morgan fingerprint density at radius 3 is 2.57 bits per heavy atom. The first-order chi connectivity index (χ1) is 6.50. The van der Waals surface area contributed by atoms with E-state index in [9.17, 15) is 9.59 Å². The van der Waals surface area contributed by atoms with Crippen molar-refractivity contribution in [3.63, 3.8) is 0 Å². The summed E-state index contributed by atoms with van der Waals surface area (Å²) in [4.78, 5) is 23.0. The summed E-state index contributed by atoms with van der Waals surface area (Å²) in [6.45, 7) is 5.42. The minimum atomic E-state index is -0.419. The van der Waals surface area contributed by atoms with Crippen molar-refractivity contribution in [2.24, 2.45) is 7.05 Å². The summed E-state index contributed by atoms with van der Waals surface area (Å²) in [6, 6.07) is 0. The summed E-state index contributed by atoms with van der Waals surface area (Å²) in [5, 5.41) is 0. The molecule has 1 aromatic heterocycles. The summed E-state index contributed by atoms with van der Waals surface area (Å²) >= 11 is 0. The summed E-state index contributed by atoms with van der Waals surface area (Å²) < 4.78 is 2.35. The lowest BCUT2D eigenvalue weighted by molar-refractivity contribution is 0.656. The molecule has 2 N–H and O–H groups in total. The first kappa shape index (κ1) is 10.3. The van der Waals surface area contributed by atoms with Crippen molar-refractivity contribution >= 4 is 5.82 Å². The van der Waals surface area contributed by atoms with Crippen LogP contribution in [0.2, 0.25) is 0 Å². The predicted octanol–water partition coefficient (Wildman–Crippen LogP) is -0.376. The minimum absolute atomic E-state index is 0.206. The average molecular weight is 195 g/mol. The molecule has 0 spiro atoms. The standard InChI is InChI=1S/C9H13N3O2/c1-4-5-12-7(10)6(2)8(13)11(3)9(12)14/h4H,1,5,10H2,2-3H3. The first-order valence-electron chi connectivity index (χ1n) is 4.17. The maximum absolute atomic E-state index is 11.6. The van der Waals surface area contributed by atoms with Crippen molar-refractivity contribution in [3.8, 4) is 0 Å². The van der Waals surface area contributed by atoms with Crippen LogP contribution in [0.5, 0.6) is 0 Å². The van der Waals surface area contributed by atoms with Crippen LogP contribution in [0.15, 0.2) is 22.2 Å². The normalized spacial score (nSPS) is 10.1. The van der Waals surface area contributed by atoms with E-state index in [0.29, 0.717) is 12.1 Å². The third-order valence-corrected chi connectivity index (χ3v) is 2.13. The molecule has 0 aliphatic rings. The van der Waals surface area contributed by atoms with E-state index >= 15 is 0 Å². The Labute approximate surface area is 81.1 Å². The predicted molar refractivity (Wildman–Crippen MR) is 55.3 cm³/mol. The number of anilines is 1. The van der Waals surface area contributed by atoms with Crippen molar-refractivity contribution in [3.05, 3.63) is 39.1 Å². The average Bonchev–Trinajstić information content (AvgIpc) is 2.19. The molecule has 0 saturated heterocycles. The van der Waals surface area contributed by atoms with Crippen LogP contribution < -0.4 is 17.0 Å². The summed E-state index contributed by atoms with van der Waals surface area (Å²) in [5.74, 6) is 0.206. The molecular weight excluding hydrogens is 182 g/mol. The smallest absolute Gasteiger partial charge is 0.332 e. The van der Waals surface area contributed by atoms with Gasteiger partial charge in [0.2, 0.25) is 0 Å². The Bertz CT molecular complexity index is 482. The summed E-state index contributed by atoms with van der Waals surface area (Å²) in [5.41, 5.74) is 5.25. The molecule has 0 unspecified atom stereocenters. The lowest BCUT2D eigenvalue weighted by Gasteiger charge is -2.10. The Kier molecular flexibility index (Phi) is 2.60. The van der Waals surface area contributed by atoms with Gasteiger partial charge >= 0.3 is 5.69 Å². The highest BCUT2D eigenvalue weighted by molar-refractivity contribution is 5.37. The van der Waals surface area contributed by atoms with Crippen LogP contribution in [-0.4, -0.2) is 9.13 Å². The van der Waals surface area contributed by atoms with Gasteiger partial charge in [0, 0.05) is 13.6 Å². The highest BCUT2D eigenvalue weighted by Crippen LogP contribution is 2.01. The number of nitrogens with two attached hydrogens (primary N) is 1. The van der Waals surface area contributed by atoms with Crippen molar-refractivity contribution < 1.29 is 0 Å². The van der Waals surface area contributed by atoms with Gasteiger partial charge in [0.1, 0.15) is 5.82 Å². The Morgan fingerprint density at radius 2 is 2.07 bits per heavy atom. The van der Waals surface area contributed by atoms with Gasteiger partial charge < -0.3 is 5.73 Å². The fourth-order valence-corrected chi connectivity index (χ4v) is 1.24. The van der Waals surface area contributed by atoms with E-state index in [2.05, 4.69) is 6.58 Å². The number of nitrogens with zero attached hydrogens (tertiary/aromatic N) is 2. The van der Waals surface area contributed by atoms with Crippen LogP contribution in [0.4, 0.5) is 5.82 Å². The van der Waals surface area contributed by atoms with E-state index in [0.717, 1.165) is 4.57 Å². The molecule has 5 heteroatoms. The van der Waals surface area contributed by atoms with E-state index in [1.165, 1.54) is 11.6 Å². The molecule has 5 nitrogen and oxygen atoms in total. The van der Waals surface area contributed by atoms with Crippen LogP contribution in [-0.2, 0) is 13.6 Å². The van der Waals surface area contributed by atoms with Crippen LogP contribution >= 0.6 is 0 Å². The van der Waals surface area contributed by atoms with Gasteiger partial charge in [-0.05, 0) is 6.92 Å². The number of nitrogen functional groups attached to an aromatic ring is 1. The third-order valence-electron chi connectivity index (χ3n) is 2.13. The van der Waals surface area contributed by atoms with Gasteiger partial charge in [-0.25, -0.2) is 4.79 Å². The second-order valence-electron chi connectivity index (χ2n) is 3.06. The molecule has 76 valence electrons. The molecule has 0 aliphatic carbocycles. The number of hydrogen-bond acceptors (Lipinski definition) is 3. The summed E-state index contributed by atoms with van der Waals surface area (Å²) in [6.07, 6.45) is 1.56. The van der Waals surface area contributed by atoms with Gasteiger partial charge in [-0.15, -0.1) is 6.58 Å². The lowest BCUT2D eigenvalue weighted by Crippen LogP contribution is -2.40. The Balaban J connectivity index is 3.68. The molecule has 1 rings (SSSR count). The maximum atomic E-state index is 11.6. The van der Waals surface area contributed by atoms with Gasteiger partial charge in [0.25, 0.3) is 5.56 Å². The second kappa shape index (κ2) is 3.53. The highest BCUT2D eigenvalue weighted by Gasteiger charge is 2.09. The molecule has 1 aromatic rings. The van der Waals surface area contributed by atoms with Gasteiger partial charge in [-0.3, -0.25) is 13.9 Å². The number of allylic oxidation sites excluding steroid dienone is 1. The monoisotopic (exact) mass is 195 g/mol. The molecule has 0 bridgehead atoms. The molecule has 0 aromatic carbocycles. The Hall–Kier alpha value is -1.78. The third kappa shape index (κ3) is 1.37. The maximum Gasteiger partial charge on any atom is 0.332 e. The Morgan fingerprint density at radius 1 is 1.50 bits per heavy atom. The van der Waals surface area contributed by atoms with Crippen molar-refractivity contribution in [1.29, 1.82) is 0 Å². The van der Waals surface area contributed by atoms with Crippen LogP contribution in [0, 0.1) is 6.92 Å². The SMILES string of the molecule is C=CCn1c(N)c(C)c(=O)n(C)c1=O. The fraction of sp³-hybridized carbons (Fsp3) is 0.333. The van der Waals surface area contributed by atoms with Crippen LogP contribution in [0.25, 0.3) is 0 Å². The number of hydrogen-bond donors (Lipinski definition) is 1.